The van der Waals surface area contributed by atoms with Gasteiger partial charge in [0.25, 0.3) is 0 Å². The lowest BCUT2D eigenvalue weighted by molar-refractivity contribution is 0.268. The van der Waals surface area contributed by atoms with E-state index >= 15 is 0 Å². The Morgan fingerprint density at radius 2 is 2.15 bits per heavy atom. The molecule has 0 saturated carbocycles. The number of hydrogen-bond acceptors (Lipinski definition) is 4. The third-order valence-corrected chi connectivity index (χ3v) is 3.42. The van der Waals surface area contributed by atoms with Gasteiger partial charge in [-0.05, 0) is 46.7 Å². The fourth-order valence-electron chi connectivity index (χ4n) is 1.74. The number of halogens is 1. The average Bonchev–Trinajstić information content (AvgIpc) is 2.91. The van der Waals surface area contributed by atoms with Gasteiger partial charge in [0.2, 0.25) is 0 Å². The van der Waals surface area contributed by atoms with Crippen molar-refractivity contribution in [2.45, 2.75) is 20.1 Å². The number of ether oxygens (including phenoxy) is 2. The van der Waals surface area contributed by atoms with E-state index in [4.69, 9.17) is 13.9 Å². The Kier molecular flexibility index (Phi) is 5.49. The maximum Gasteiger partial charge on any atom is 0.146 e. The number of furan rings is 1. The zero-order chi connectivity index (χ0) is 14.4. The molecule has 0 fully saturated rings. The first-order valence-electron chi connectivity index (χ1n) is 6.46. The molecule has 0 spiro atoms. The van der Waals surface area contributed by atoms with Crippen LogP contribution in [0.15, 0.2) is 39.4 Å². The minimum atomic E-state index is 0.400. The van der Waals surface area contributed by atoms with Crippen molar-refractivity contribution in [3.8, 4) is 11.5 Å². The quantitative estimate of drug-likeness (QED) is 0.834. The number of methoxy groups -OCH3 is 1. The van der Waals surface area contributed by atoms with Gasteiger partial charge < -0.3 is 19.2 Å². The van der Waals surface area contributed by atoms with Crippen LogP contribution < -0.4 is 14.8 Å². The normalized spacial score (nSPS) is 10.6. The predicted octanol–water partition coefficient (Wildman–Crippen LogP) is 3.74. The molecule has 20 heavy (non-hydrogen) atoms. The minimum absolute atomic E-state index is 0.400. The van der Waals surface area contributed by atoms with Crippen LogP contribution in [-0.2, 0) is 13.2 Å². The highest BCUT2D eigenvalue weighted by Crippen LogP contribution is 2.29. The molecule has 0 unspecified atom stereocenters. The smallest absolute Gasteiger partial charge is 0.146 e. The van der Waals surface area contributed by atoms with Gasteiger partial charge in [0.15, 0.2) is 0 Å². The van der Waals surface area contributed by atoms with E-state index < -0.39 is 0 Å². The summed E-state index contributed by atoms with van der Waals surface area (Å²) in [6.45, 7) is 4.23. The molecule has 0 amide bonds. The molecule has 0 bridgehead atoms. The van der Waals surface area contributed by atoms with E-state index in [-0.39, 0.29) is 0 Å². The summed E-state index contributed by atoms with van der Waals surface area (Å²) in [4.78, 5) is 0. The first-order valence-corrected chi connectivity index (χ1v) is 7.25. The maximum absolute atomic E-state index is 5.72. The molecule has 0 aliphatic rings. The number of rotatable bonds is 7. The molecule has 0 aliphatic carbocycles. The molecule has 5 heteroatoms. The molecule has 1 N–H and O–H groups in total. The van der Waals surface area contributed by atoms with Gasteiger partial charge in [-0.15, -0.1) is 0 Å². The summed E-state index contributed by atoms with van der Waals surface area (Å²) in [5.41, 5.74) is 1.12. The first kappa shape index (κ1) is 14.9. The second kappa shape index (κ2) is 7.36. The maximum atomic E-state index is 5.72. The lowest BCUT2D eigenvalue weighted by Gasteiger charge is -2.08. The summed E-state index contributed by atoms with van der Waals surface area (Å²) in [5, 5.41) is 3.25. The van der Waals surface area contributed by atoms with Crippen molar-refractivity contribution >= 4 is 15.9 Å². The third kappa shape index (κ3) is 4.02. The monoisotopic (exact) mass is 339 g/mol. The van der Waals surface area contributed by atoms with Crippen LogP contribution in [0.25, 0.3) is 0 Å². The van der Waals surface area contributed by atoms with E-state index in [0.29, 0.717) is 6.61 Å². The fraction of sp³-hybridized carbons (Fsp3) is 0.333. The van der Waals surface area contributed by atoms with Crippen LogP contribution >= 0.6 is 15.9 Å². The molecule has 108 valence electrons. The third-order valence-electron chi connectivity index (χ3n) is 2.80. The average molecular weight is 340 g/mol. The summed E-state index contributed by atoms with van der Waals surface area (Å²) < 4.78 is 17.2. The van der Waals surface area contributed by atoms with Crippen molar-refractivity contribution in [1.82, 2.24) is 5.32 Å². The van der Waals surface area contributed by atoms with Crippen LogP contribution in [0.2, 0.25) is 0 Å². The molecule has 0 radical (unpaired) electrons. The summed E-state index contributed by atoms with van der Waals surface area (Å²) in [7, 11) is 1.64. The van der Waals surface area contributed by atoms with E-state index in [1.807, 2.05) is 24.3 Å². The van der Waals surface area contributed by atoms with Gasteiger partial charge in [-0.3, -0.25) is 0 Å². The summed E-state index contributed by atoms with van der Waals surface area (Å²) in [6.07, 6.45) is 1.75. The molecule has 1 heterocycles. The summed E-state index contributed by atoms with van der Waals surface area (Å²) in [5.74, 6) is 2.35. The van der Waals surface area contributed by atoms with E-state index in [9.17, 15) is 0 Å². The summed E-state index contributed by atoms with van der Waals surface area (Å²) >= 11 is 3.46. The van der Waals surface area contributed by atoms with Crippen molar-refractivity contribution in [2.24, 2.45) is 0 Å². The van der Waals surface area contributed by atoms with E-state index in [0.717, 1.165) is 40.4 Å². The predicted molar refractivity (Wildman–Crippen MR) is 81.1 cm³/mol. The second-order valence-electron chi connectivity index (χ2n) is 4.29. The van der Waals surface area contributed by atoms with Crippen molar-refractivity contribution in [2.75, 3.05) is 13.7 Å². The molecular weight excluding hydrogens is 322 g/mol. The Hall–Kier alpha value is -1.46. The Bertz CT molecular complexity index is 554. The van der Waals surface area contributed by atoms with Crippen LogP contribution in [-0.4, -0.2) is 13.7 Å². The van der Waals surface area contributed by atoms with Gasteiger partial charge in [0, 0.05) is 12.1 Å². The lowest BCUT2D eigenvalue weighted by atomic mass is 10.3. The minimum Gasteiger partial charge on any atom is -0.497 e. The van der Waals surface area contributed by atoms with Crippen molar-refractivity contribution in [3.05, 3.63) is 46.3 Å². The highest BCUT2D eigenvalue weighted by molar-refractivity contribution is 9.10. The molecule has 1 aromatic carbocycles. The van der Waals surface area contributed by atoms with Gasteiger partial charge in [0.05, 0.1) is 17.8 Å². The topological polar surface area (TPSA) is 43.6 Å². The van der Waals surface area contributed by atoms with Crippen molar-refractivity contribution < 1.29 is 13.9 Å². The molecule has 0 saturated heterocycles. The lowest BCUT2D eigenvalue weighted by Crippen LogP contribution is -2.10. The Morgan fingerprint density at radius 1 is 1.30 bits per heavy atom. The van der Waals surface area contributed by atoms with Gasteiger partial charge in [0.1, 0.15) is 23.9 Å². The highest BCUT2D eigenvalue weighted by atomic mass is 79.9. The summed E-state index contributed by atoms with van der Waals surface area (Å²) in [6, 6.07) is 7.60. The molecule has 2 aromatic rings. The van der Waals surface area contributed by atoms with Crippen LogP contribution in [0.5, 0.6) is 11.5 Å². The van der Waals surface area contributed by atoms with E-state index in [2.05, 4.69) is 28.2 Å². The van der Waals surface area contributed by atoms with E-state index in [1.54, 1.807) is 13.4 Å². The van der Waals surface area contributed by atoms with Gasteiger partial charge in [-0.25, -0.2) is 0 Å². The Morgan fingerprint density at radius 3 is 2.85 bits per heavy atom. The van der Waals surface area contributed by atoms with Crippen LogP contribution in [0.1, 0.15) is 18.2 Å². The molecular formula is C15H18BrNO3. The largest absolute Gasteiger partial charge is 0.497 e. The van der Waals surface area contributed by atoms with Crippen LogP contribution in [0, 0.1) is 0 Å². The molecule has 4 nitrogen and oxygen atoms in total. The van der Waals surface area contributed by atoms with Gasteiger partial charge >= 0.3 is 0 Å². The Labute approximate surface area is 127 Å². The molecule has 1 aromatic heterocycles. The first-order chi connectivity index (χ1) is 9.72. The molecule has 0 aliphatic heterocycles. The van der Waals surface area contributed by atoms with Crippen molar-refractivity contribution in [3.63, 3.8) is 0 Å². The van der Waals surface area contributed by atoms with Crippen molar-refractivity contribution in [1.29, 1.82) is 0 Å². The van der Waals surface area contributed by atoms with Gasteiger partial charge in [-0.1, -0.05) is 6.92 Å². The number of hydrogen-bond donors (Lipinski definition) is 1. The number of nitrogens with one attached hydrogen (secondary N) is 1. The molecule has 0 atom stereocenters. The van der Waals surface area contributed by atoms with Crippen LogP contribution in [0.4, 0.5) is 0 Å². The van der Waals surface area contributed by atoms with Crippen LogP contribution in [0.3, 0.4) is 0 Å². The number of benzene rings is 1. The van der Waals surface area contributed by atoms with E-state index in [1.165, 1.54) is 0 Å². The highest BCUT2D eigenvalue weighted by Gasteiger charge is 2.06. The van der Waals surface area contributed by atoms with Gasteiger partial charge in [-0.2, -0.15) is 0 Å². The standard InChI is InChI=1S/C15H18BrNO3/c1-3-17-8-11-6-13(19-9-11)10-20-15-5-4-12(18-2)7-14(15)16/h4-7,9,17H,3,8,10H2,1-2H3. The Balaban J connectivity index is 1.93. The zero-order valence-electron chi connectivity index (χ0n) is 11.6. The molecule has 2 rings (SSSR count). The second-order valence-corrected chi connectivity index (χ2v) is 5.14. The fourth-order valence-corrected chi connectivity index (χ4v) is 2.21. The zero-order valence-corrected chi connectivity index (χ0v) is 13.2. The SMILES string of the molecule is CCNCc1coc(COc2ccc(OC)cc2Br)c1.